The Morgan fingerprint density at radius 1 is 1.56 bits per heavy atom. The minimum Gasteiger partial charge on any atom is -0.505 e. The molecule has 16 heavy (non-hydrogen) atoms. The molecule has 0 unspecified atom stereocenters. The highest BCUT2D eigenvalue weighted by molar-refractivity contribution is 6.31. The molecule has 1 aromatic rings. The van der Waals surface area contributed by atoms with Crippen LogP contribution in [0.15, 0.2) is 17.2 Å². The molecule has 0 saturated carbocycles. The van der Waals surface area contributed by atoms with E-state index in [0.29, 0.717) is 23.6 Å². The number of phenolic OH excluding ortho intramolecular Hbond substituents is 1. The number of nitrogens with two attached hydrogens (primary N) is 1. The zero-order chi connectivity index (χ0) is 12.0. The smallest absolute Gasteiger partial charge is 0.154 e. The molecule has 6 heteroatoms. The number of phenols is 1. The standard InChI is InChI=1S/C10H9ClN4O/c11-8-5-7(10(16)9(12)6-8)3-1-2-4-14-15-13/h5-6,16H,2,4,12H2. The van der Waals surface area contributed by atoms with E-state index in [1.54, 1.807) is 0 Å². The minimum absolute atomic E-state index is 0.0827. The molecule has 0 saturated heterocycles. The fourth-order valence-electron chi connectivity index (χ4n) is 1.02. The zero-order valence-electron chi connectivity index (χ0n) is 8.31. The van der Waals surface area contributed by atoms with Gasteiger partial charge in [-0.25, -0.2) is 0 Å². The average Bonchev–Trinajstić information content (AvgIpc) is 2.24. The first-order valence-corrected chi connectivity index (χ1v) is 4.80. The summed E-state index contributed by atoms with van der Waals surface area (Å²) in [7, 11) is 0. The Hall–Kier alpha value is -2.02. The highest BCUT2D eigenvalue weighted by Crippen LogP contribution is 2.28. The lowest BCUT2D eigenvalue weighted by Crippen LogP contribution is -1.88. The van der Waals surface area contributed by atoms with Gasteiger partial charge in [-0.2, -0.15) is 0 Å². The summed E-state index contributed by atoms with van der Waals surface area (Å²) >= 11 is 5.76. The lowest BCUT2D eigenvalue weighted by atomic mass is 10.1. The summed E-state index contributed by atoms with van der Waals surface area (Å²) in [5.74, 6) is 5.37. The summed E-state index contributed by atoms with van der Waals surface area (Å²) in [5.41, 5.74) is 14.1. The fourth-order valence-corrected chi connectivity index (χ4v) is 1.25. The maximum absolute atomic E-state index is 9.56. The highest BCUT2D eigenvalue weighted by Gasteiger charge is 2.03. The van der Waals surface area contributed by atoms with Crippen LogP contribution in [0, 0.1) is 11.8 Å². The van der Waals surface area contributed by atoms with E-state index in [1.807, 2.05) is 0 Å². The van der Waals surface area contributed by atoms with Crippen molar-refractivity contribution >= 4 is 17.3 Å². The molecule has 82 valence electrons. The second-order valence-electron chi connectivity index (χ2n) is 2.90. The number of azide groups is 1. The number of rotatable bonds is 2. The third-order valence-corrected chi connectivity index (χ3v) is 1.95. The van der Waals surface area contributed by atoms with E-state index in [0.717, 1.165) is 0 Å². The van der Waals surface area contributed by atoms with Crippen molar-refractivity contribution in [1.29, 1.82) is 0 Å². The van der Waals surface area contributed by atoms with Crippen molar-refractivity contribution in [3.63, 3.8) is 0 Å². The number of anilines is 1. The van der Waals surface area contributed by atoms with Crippen molar-refractivity contribution in [3.8, 4) is 17.6 Å². The molecule has 0 aromatic heterocycles. The van der Waals surface area contributed by atoms with Crippen LogP contribution in [0.25, 0.3) is 10.4 Å². The van der Waals surface area contributed by atoms with Crippen LogP contribution in [-0.4, -0.2) is 11.7 Å². The van der Waals surface area contributed by atoms with Gasteiger partial charge in [0.25, 0.3) is 0 Å². The van der Waals surface area contributed by atoms with Crippen LogP contribution in [0.4, 0.5) is 5.69 Å². The van der Waals surface area contributed by atoms with Crippen LogP contribution in [0.5, 0.6) is 5.75 Å². The van der Waals surface area contributed by atoms with Crippen molar-refractivity contribution in [2.45, 2.75) is 6.42 Å². The van der Waals surface area contributed by atoms with E-state index in [9.17, 15) is 5.11 Å². The second-order valence-corrected chi connectivity index (χ2v) is 3.33. The topological polar surface area (TPSA) is 95.0 Å². The molecule has 5 nitrogen and oxygen atoms in total. The largest absolute Gasteiger partial charge is 0.505 e. The lowest BCUT2D eigenvalue weighted by Gasteiger charge is -2.01. The third kappa shape index (κ3) is 3.28. The normalized spacial score (nSPS) is 8.81. The molecule has 0 fully saturated rings. The number of halogens is 1. The average molecular weight is 237 g/mol. The third-order valence-electron chi connectivity index (χ3n) is 1.73. The maximum atomic E-state index is 9.56. The van der Waals surface area contributed by atoms with E-state index in [-0.39, 0.29) is 11.4 Å². The molecule has 0 spiro atoms. The molecule has 0 amide bonds. The van der Waals surface area contributed by atoms with Gasteiger partial charge in [0.1, 0.15) is 0 Å². The van der Waals surface area contributed by atoms with Gasteiger partial charge in [0.2, 0.25) is 0 Å². The number of nitrogen functional groups attached to an aromatic ring is 1. The van der Waals surface area contributed by atoms with Gasteiger partial charge >= 0.3 is 0 Å². The molecule has 0 aliphatic heterocycles. The minimum atomic E-state index is -0.0827. The van der Waals surface area contributed by atoms with Crippen LogP contribution in [0.1, 0.15) is 12.0 Å². The molecule has 3 N–H and O–H groups in total. The number of hydrogen-bond acceptors (Lipinski definition) is 3. The molecule has 0 aliphatic rings. The first kappa shape index (κ1) is 12.1. The van der Waals surface area contributed by atoms with Crippen molar-refractivity contribution in [1.82, 2.24) is 0 Å². The van der Waals surface area contributed by atoms with E-state index in [1.165, 1.54) is 12.1 Å². The van der Waals surface area contributed by atoms with Crippen molar-refractivity contribution in [2.24, 2.45) is 5.11 Å². The van der Waals surface area contributed by atoms with Gasteiger partial charge in [-0.1, -0.05) is 28.6 Å². The Kier molecular flexibility index (Phi) is 4.34. The van der Waals surface area contributed by atoms with Crippen molar-refractivity contribution in [2.75, 3.05) is 12.3 Å². The predicted molar refractivity (Wildman–Crippen MR) is 63.0 cm³/mol. The van der Waals surface area contributed by atoms with Crippen LogP contribution in [0.2, 0.25) is 5.02 Å². The van der Waals surface area contributed by atoms with E-state index < -0.39 is 0 Å². The summed E-state index contributed by atoms with van der Waals surface area (Å²) in [6, 6.07) is 2.97. The molecule has 0 radical (unpaired) electrons. The Balaban J connectivity index is 2.84. The summed E-state index contributed by atoms with van der Waals surface area (Å²) < 4.78 is 0. The number of hydrogen-bond donors (Lipinski definition) is 2. The molecule has 0 atom stereocenters. The maximum Gasteiger partial charge on any atom is 0.154 e. The van der Waals surface area contributed by atoms with Gasteiger partial charge in [-0.3, -0.25) is 0 Å². The first-order chi connectivity index (χ1) is 7.65. The molecule has 0 bridgehead atoms. The SMILES string of the molecule is [N-]=[N+]=NCCC#Cc1cc(Cl)cc(N)c1O. The molecular formula is C10H9ClN4O. The number of nitrogens with zero attached hydrogens (tertiary/aromatic N) is 3. The van der Waals surface area contributed by atoms with E-state index in [4.69, 9.17) is 22.9 Å². The molecular weight excluding hydrogens is 228 g/mol. The molecule has 0 aliphatic carbocycles. The summed E-state index contributed by atoms with van der Waals surface area (Å²) in [6.45, 7) is 0.292. The van der Waals surface area contributed by atoms with Gasteiger partial charge in [-0.05, 0) is 17.7 Å². The zero-order valence-corrected chi connectivity index (χ0v) is 9.07. The van der Waals surface area contributed by atoms with Gasteiger partial charge in [-0.15, -0.1) is 0 Å². The van der Waals surface area contributed by atoms with Gasteiger partial charge < -0.3 is 10.8 Å². The number of benzene rings is 1. The highest BCUT2D eigenvalue weighted by atomic mass is 35.5. The lowest BCUT2D eigenvalue weighted by molar-refractivity contribution is 0.476. The number of aromatic hydroxyl groups is 1. The Bertz CT molecular complexity index is 498. The summed E-state index contributed by atoms with van der Waals surface area (Å²) in [6.07, 6.45) is 0.413. The van der Waals surface area contributed by atoms with Gasteiger partial charge in [0, 0.05) is 22.9 Å². The Labute approximate surface area is 97.5 Å². The summed E-state index contributed by atoms with van der Waals surface area (Å²) in [5, 5.41) is 13.3. The van der Waals surface area contributed by atoms with Gasteiger partial charge in [0.15, 0.2) is 5.75 Å². The van der Waals surface area contributed by atoms with Crippen LogP contribution in [-0.2, 0) is 0 Å². The summed E-state index contributed by atoms with van der Waals surface area (Å²) in [4.78, 5) is 2.59. The monoisotopic (exact) mass is 236 g/mol. The van der Waals surface area contributed by atoms with Crippen LogP contribution < -0.4 is 5.73 Å². The second kappa shape index (κ2) is 5.76. The molecule has 1 rings (SSSR count). The van der Waals surface area contributed by atoms with E-state index >= 15 is 0 Å². The predicted octanol–water partition coefficient (Wildman–Crippen LogP) is 2.68. The van der Waals surface area contributed by atoms with E-state index in [2.05, 4.69) is 21.9 Å². The Morgan fingerprint density at radius 3 is 3.00 bits per heavy atom. The van der Waals surface area contributed by atoms with Gasteiger partial charge in [0.05, 0.1) is 11.3 Å². The van der Waals surface area contributed by atoms with Crippen LogP contribution in [0.3, 0.4) is 0 Å². The Morgan fingerprint density at radius 2 is 2.31 bits per heavy atom. The first-order valence-electron chi connectivity index (χ1n) is 4.43. The van der Waals surface area contributed by atoms with Crippen molar-refractivity contribution in [3.05, 3.63) is 33.2 Å². The van der Waals surface area contributed by atoms with Crippen molar-refractivity contribution < 1.29 is 5.11 Å². The molecule has 1 aromatic carbocycles. The quantitative estimate of drug-likeness (QED) is 0.157. The fraction of sp³-hybridized carbons (Fsp3) is 0.200. The molecule has 0 heterocycles. The van der Waals surface area contributed by atoms with Crippen LogP contribution >= 0.6 is 11.6 Å².